The molecule has 5 nitrogen and oxygen atoms in total. The summed E-state index contributed by atoms with van der Waals surface area (Å²) in [7, 11) is -4.89. The first-order chi connectivity index (χ1) is 12.5. The van der Waals surface area contributed by atoms with Crippen LogP contribution in [0, 0.1) is 0 Å². The first-order valence-corrected chi connectivity index (χ1v) is 9.00. The molecule has 3 rings (SSSR count). The van der Waals surface area contributed by atoms with Crippen LogP contribution < -0.4 is 4.31 Å². The van der Waals surface area contributed by atoms with Gasteiger partial charge in [0.2, 0.25) is 15.8 Å². The van der Waals surface area contributed by atoms with Gasteiger partial charge in [-0.2, -0.15) is 13.2 Å². The van der Waals surface area contributed by atoms with Crippen LogP contribution in [0.2, 0.25) is 0 Å². The molecule has 0 saturated carbocycles. The number of ketones is 1. The smallest absolute Gasteiger partial charge is 0.290 e. The van der Waals surface area contributed by atoms with Crippen molar-refractivity contribution in [2.45, 2.75) is 17.9 Å². The van der Waals surface area contributed by atoms with E-state index in [0.29, 0.717) is 6.07 Å². The van der Waals surface area contributed by atoms with E-state index in [9.17, 15) is 35.2 Å². The zero-order valence-electron chi connectivity index (χ0n) is 13.3. The molecule has 0 spiro atoms. The highest BCUT2D eigenvalue weighted by molar-refractivity contribution is 7.94. The van der Waals surface area contributed by atoms with Gasteiger partial charge in [-0.05, 0) is 23.8 Å². The maximum atomic E-state index is 13.3. The molecular weight excluding hydrogens is 395 g/mol. The number of anilines is 1. The van der Waals surface area contributed by atoms with E-state index in [1.807, 2.05) is 0 Å². The zero-order valence-corrected chi connectivity index (χ0v) is 14.1. The van der Waals surface area contributed by atoms with Crippen molar-refractivity contribution in [3.63, 3.8) is 0 Å². The van der Waals surface area contributed by atoms with Crippen LogP contribution >= 0.6 is 0 Å². The SMILES string of the molecule is O=C1c2ncccc2N(CC(F)F)S(=O)(=O)C1c1ccccc1C(F)(F)F. The van der Waals surface area contributed by atoms with Gasteiger partial charge in [0.05, 0.1) is 17.8 Å². The molecule has 0 saturated heterocycles. The van der Waals surface area contributed by atoms with Crippen molar-refractivity contribution < 1.29 is 35.2 Å². The van der Waals surface area contributed by atoms with Crippen LogP contribution in [0.1, 0.15) is 26.9 Å². The Morgan fingerprint density at radius 1 is 1.11 bits per heavy atom. The molecular formula is C16H11F5N2O3S. The quantitative estimate of drug-likeness (QED) is 0.733. The van der Waals surface area contributed by atoms with Crippen LogP contribution in [0.15, 0.2) is 42.6 Å². The fourth-order valence-corrected chi connectivity index (χ4v) is 4.83. The summed E-state index contributed by atoms with van der Waals surface area (Å²) in [6, 6.07) is 5.99. The lowest BCUT2D eigenvalue weighted by atomic mass is 9.99. The number of rotatable bonds is 3. The standard InChI is InChI=1S/C16H11F5N2O3S/c17-12(18)8-23-11-6-3-7-22-13(11)14(24)15(27(23,25)26)9-4-1-2-5-10(9)16(19,20)21/h1-7,12,15H,8H2. The largest absolute Gasteiger partial charge is 0.416 e. The van der Waals surface area contributed by atoms with Gasteiger partial charge in [-0.15, -0.1) is 0 Å². The first-order valence-electron chi connectivity index (χ1n) is 7.50. The van der Waals surface area contributed by atoms with Crippen molar-refractivity contribution in [2.24, 2.45) is 0 Å². The number of halogens is 5. The number of fused-ring (bicyclic) bond motifs is 1. The predicted molar refractivity (Wildman–Crippen MR) is 85.0 cm³/mol. The van der Waals surface area contributed by atoms with E-state index in [-0.39, 0.29) is 9.99 Å². The third-order valence-electron chi connectivity index (χ3n) is 3.98. The van der Waals surface area contributed by atoms with E-state index in [2.05, 4.69) is 4.98 Å². The molecule has 0 radical (unpaired) electrons. The highest BCUT2D eigenvalue weighted by atomic mass is 32.2. The number of nitrogens with zero attached hydrogens (tertiary/aromatic N) is 2. The van der Waals surface area contributed by atoms with Crippen molar-refractivity contribution in [1.82, 2.24) is 4.98 Å². The van der Waals surface area contributed by atoms with E-state index in [1.165, 1.54) is 6.07 Å². The Bertz CT molecular complexity index is 992. The van der Waals surface area contributed by atoms with Crippen LogP contribution in [-0.4, -0.2) is 32.2 Å². The molecule has 1 aromatic carbocycles. The van der Waals surface area contributed by atoms with Gasteiger partial charge >= 0.3 is 6.18 Å². The van der Waals surface area contributed by atoms with Crippen LogP contribution in [-0.2, 0) is 16.2 Å². The Balaban J connectivity index is 2.28. The van der Waals surface area contributed by atoms with Gasteiger partial charge in [-0.25, -0.2) is 17.2 Å². The molecule has 1 aliphatic heterocycles. The third-order valence-corrected chi connectivity index (χ3v) is 6.01. The summed E-state index contributed by atoms with van der Waals surface area (Å²) < 4.78 is 91.9. The van der Waals surface area contributed by atoms with Gasteiger partial charge in [0, 0.05) is 6.20 Å². The Hall–Kier alpha value is -2.56. The van der Waals surface area contributed by atoms with Crippen LogP contribution in [0.4, 0.5) is 27.6 Å². The summed E-state index contributed by atoms with van der Waals surface area (Å²) in [6.45, 7) is -1.31. The molecule has 0 bridgehead atoms. The molecule has 2 aromatic rings. The number of sulfonamides is 1. The Kier molecular flexibility index (Phi) is 4.66. The predicted octanol–water partition coefficient (Wildman–Crippen LogP) is 3.44. The van der Waals surface area contributed by atoms with Gasteiger partial charge in [0.15, 0.2) is 5.25 Å². The molecule has 1 unspecified atom stereocenters. The number of carbonyl (C=O) groups is 1. The van der Waals surface area contributed by atoms with Crippen molar-refractivity contribution in [1.29, 1.82) is 0 Å². The molecule has 0 aliphatic carbocycles. The van der Waals surface area contributed by atoms with E-state index in [0.717, 1.165) is 30.5 Å². The average Bonchev–Trinajstić information content (AvgIpc) is 2.58. The second-order valence-corrected chi connectivity index (χ2v) is 7.61. The third kappa shape index (κ3) is 3.27. The van der Waals surface area contributed by atoms with Crippen molar-refractivity contribution in [2.75, 3.05) is 10.8 Å². The summed E-state index contributed by atoms with van der Waals surface area (Å²) in [5.41, 5.74) is -3.02. The molecule has 1 aromatic heterocycles. The minimum absolute atomic E-state index is 0.249. The summed E-state index contributed by atoms with van der Waals surface area (Å²) >= 11 is 0. The lowest BCUT2D eigenvalue weighted by molar-refractivity contribution is -0.138. The molecule has 0 N–H and O–H groups in total. The molecule has 144 valence electrons. The van der Waals surface area contributed by atoms with Crippen LogP contribution in [0.3, 0.4) is 0 Å². The fourth-order valence-electron chi connectivity index (χ4n) is 2.92. The number of carbonyl (C=O) groups excluding carboxylic acids is 1. The highest BCUT2D eigenvalue weighted by Gasteiger charge is 2.49. The number of pyridine rings is 1. The Labute approximate surface area is 150 Å². The van der Waals surface area contributed by atoms with E-state index in [4.69, 9.17) is 0 Å². The lowest BCUT2D eigenvalue weighted by Crippen LogP contribution is -2.46. The number of alkyl halides is 5. The number of benzene rings is 1. The van der Waals surface area contributed by atoms with E-state index >= 15 is 0 Å². The zero-order chi connectivity index (χ0) is 20.0. The molecule has 11 heteroatoms. The second kappa shape index (κ2) is 6.55. The number of aromatic nitrogens is 1. The van der Waals surface area contributed by atoms with Crippen molar-refractivity contribution in [3.05, 3.63) is 59.4 Å². The number of Topliss-reactive ketones (excluding diaryl/α,β-unsaturated/α-hetero) is 1. The summed E-state index contributed by atoms with van der Waals surface area (Å²) in [5, 5.41) is -2.32. The normalized spacial score (nSPS) is 19.3. The van der Waals surface area contributed by atoms with Gasteiger partial charge in [-0.3, -0.25) is 14.1 Å². The molecule has 1 atom stereocenters. The van der Waals surface area contributed by atoms with Gasteiger partial charge < -0.3 is 0 Å². The van der Waals surface area contributed by atoms with E-state index < -0.39 is 57.0 Å². The topological polar surface area (TPSA) is 67.3 Å². The van der Waals surface area contributed by atoms with E-state index in [1.54, 1.807) is 0 Å². The molecule has 0 fully saturated rings. The fraction of sp³-hybridized carbons (Fsp3) is 0.250. The van der Waals surface area contributed by atoms with Crippen molar-refractivity contribution in [3.8, 4) is 0 Å². The maximum Gasteiger partial charge on any atom is 0.416 e. The summed E-state index contributed by atoms with van der Waals surface area (Å²) in [4.78, 5) is 16.4. The Morgan fingerprint density at radius 3 is 2.41 bits per heavy atom. The lowest BCUT2D eigenvalue weighted by Gasteiger charge is -2.34. The van der Waals surface area contributed by atoms with Gasteiger partial charge in [0.1, 0.15) is 5.69 Å². The number of hydrogen-bond donors (Lipinski definition) is 0. The van der Waals surface area contributed by atoms with Gasteiger partial charge in [0.25, 0.3) is 6.43 Å². The van der Waals surface area contributed by atoms with Crippen molar-refractivity contribution >= 4 is 21.5 Å². The monoisotopic (exact) mass is 406 g/mol. The first kappa shape index (κ1) is 19.2. The molecule has 2 heterocycles. The molecule has 0 amide bonds. The summed E-state index contributed by atoms with van der Waals surface area (Å²) in [5.74, 6) is -1.20. The summed E-state index contributed by atoms with van der Waals surface area (Å²) in [6.07, 6.45) is -6.92. The molecule has 27 heavy (non-hydrogen) atoms. The Morgan fingerprint density at radius 2 is 1.78 bits per heavy atom. The average molecular weight is 406 g/mol. The second-order valence-electron chi connectivity index (χ2n) is 5.67. The molecule has 1 aliphatic rings. The number of hydrogen-bond acceptors (Lipinski definition) is 4. The van der Waals surface area contributed by atoms with Gasteiger partial charge in [-0.1, -0.05) is 18.2 Å². The maximum absolute atomic E-state index is 13.3. The van der Waals surface area contributed by atoms with Crippen LogP contribution in [0.5, 0.6) is 0 Å². The minimum Gasteiger partial charge on any atom is -0.290 e. The minimum atomic E-state index is -4.94. The van der Waals surface area contributed by atoms with Crippen LogP contribution in [0.25, 0.3) is 0 Å². The highest BCUT2D eigenvalue weighted by Crippen LogP contribution is 2.43.